The Hall–Kier alpha value is -1.06. The summed E-state index contributed by atoms with van der Waals surface area (Å²) in [6, 6.07) is 7.62. The van der Waals surface area contributed by atoms with E-state index in [-0.39, 0.29) is 12.6 Å². The topological polar surface area (TPSA) is 55.5 Å². The maximum atomic E-state index is 10.5. The first kappa shape index (κ1) is 11.4. The number of aliphatic hydroxyl groups is 1. The number of benzene rings is 1. The average Bonchev–Trinajstić information content (AvgIpc) is 2.30. The molecule has 0 saturated heterocycles. The van der Waals surface area contributed by atoms with Gasteiger partial charge in [0.05, 0.1) is 0 Å². The molecule has 2 unspecified atom stereocenters. The Labute approximate surface area is 96.2 Å². The molecule has 88 valence electrons. The average molecular weight is 221 g/mol. The standard InChI is InChI=1S/C13H19NO2/c1-2-5-10-8-13(15,9-14)11-6-3-4-7-12(11)16-10/h3-4,6-7,10,15H,2,5,8-9,14H2,1H3. The summed E-state index contributed by atoms with van der Waals surface area (Å²) in [4.78, 5) is 0. The highest BCUT2D eigenvalue weighted by Gasteiger charge is 2.38. The van der Waals surface area contributed by atoms with E-state index < -0.39 is 5.60 Å². The number of hydrogen-bond donors (Lipinski definition) is 2. The third-order valence-electron chi connectivity index (χ3n) is 3.20. The highest BCUT2D eigenvalue weighted by Crippen LogP contribution is 2.39. The molecule has 3 heteroatoms. The van der Waals surface area contributed by atoms with Crippen molar-refractivity contribution in [1.82, 2.24) is 0 Å². The maximum absolute atomic E-state index is 10.5. The molecule has 0 saturated carbocycles. The van der Waals surface area contributed by atoms with Gasteiger partial charge in [0.1, 0.15) is 17.5 Å². The van der Waals surface area contributed by atoms with E-state index in [0.717, 1.165) is 24.2 Å². The van der Waals surface area contributed by atoms with E-state index in [4.69, 9.17) is 10.5 Å². The van der Waals surface area contributed by atoms with Crippen molar-refractivity contribution >= 4 is 0 Å². The number of rotatable bonds is 3. The minimum absolute atomic E-state index is 0.0773. The number of ether oxygens (including phenoxy) is 1. The molecule has 0 radical (unpaired) electrons. The van der Waals surface area contributed by atoms with Crippen molar-refractivity contribution in [3.8, 4) is 5.75 Å². The fourth-order valence-corrected chi connectivity index (χ4v) is 2.34. The fraction of sp³-hybridized carbons (Fsp3) is 0.538. The lowest BCUT2D eigenvalue weighted by molar-refractivity contribution is -0.0256. The lowest BCUT2D eigenvalue weighted by atomic mass is 9.84. The van der Waals surface area contributed by atoms with E-state index in [0.29, 0.717) is 6.42 Å². The van der Waals surface area contributed by atoms with Crippen LogP contribution in [0.2, 0.25) is 0 Å². The second-order valence-electron chi connectivity index (χ2n) is 4.46. The Bertz CT molecular complexity index is 367. The molecule has 1 aliphatic heterocycles. The van der Waals surface area contributed by atoms with Crippen LogP contribution in [0.1, 0.15) is 31.7 Å². The van der Waals surface area contributed by atoms with Crippen LogP contribution in [-0.2, 0) is 5.60 Å². The second-order valence-corrected chi connectivity index (χ2v) is 4.46. The van der Waals surface area contributed by atoms with Crippen LogP contribution in [0.25, 0.3) is 0 Å². The van der Waals surface area contributed by atoms with Gasteiger partial charge >= 0.3 is 0 Å². The van der Waals surface area contributed by atoms with Crippen LogP contribution >= 0.6 is 0 Å². The summed E-state index contributed by atoms with van der Waals surface area (Å²) < 4.78 is 5.85. The molecule has 1 aliphatic rings. The third kappa shape index (κ3) is 1.93. The molecular formula is C13H19NO2. The van der Waals surface area contributed by atoms with E-state index in [2.05, 4.69) is 6.92 Å². The smallest absolute Gasteiger partial charge is 0.125 e. The molecule has 0 aliphatic carbocycles. The minimum Gasteiger partial charge on any atom is -0.490 e. The monoisotopic (exact) mass is 221 g/mol. The summed E-state index contributed by atoms with van der Waals surface area (Å²) in [6.07, 6.45) is 2.67. The summed E-state index contributed by atoms with van der Waals surface area (Å²) in [5.41, 5.74) is 5.61. The van der Waals surface area contributed by atoms with Gasteiger partial charge < -0.3 is 15.6 Å². The van der Waals surface area contributed by atoms with Crippen molar-refractivity contribution < 1.29 is 9.84 Å². The molecule has 1 heterocycles. The minimum atomic E-state index is -0.922. The molecule has 1 aromatic carbocycles. The lowest BCUT2D eigenvalue weighted by Gasteiger charge is -2.38. The van der Waals surface area contributed by atoms with E-state index in [1.807, 2.05) is 24.3 Å². The molecule has 2 atom stereocenters. The molecule has 0 bridgehead atoms. The van der Waals surface area contributed by atoms with Crippen molar-refractivity contribution in [2.45, 2.75) is 37.9 Å². The summed E-state index contributed by atoms with van der Waals surface area (Å²) in [7, 11) is 0. The van der Waals surface area contributed by atoms with Gasteiger partial charge in [-0.05, 0) is 12.5 Å². The normalized spacial score (nSPS) is 28.3. The van der Waals surface area contributed by atoms with Crippen LogP contribution in [0, 0.1) is 0 Å². The molecule has 3 N–H and O–H groups in total. The van der Waals surface area contributed by atoms with Gasteiger partial charge in [0.2, 0.25) is 0 Å². The van der Waals surface area contributed by atoms with Gasteiger partial charge in [-0.25, -0.2) is 0 Å². The molecule has 16 heavy (non-hydrogen) atoms. The van der Waals surface area contributed by atoms with Crippen molar-refractivity contribution in [2.75, 3.05) is 6.54 Å². The van der Waals surface area contributed by atoms with Crippen molar-refractivity contribution in [1.29, 1.82) is 0 Å². The molecule has 0 spiro atoms. The van der Waals surface area contributed by atoms with Gasteiger partial charge in [-0.1, -0.05) is 31.5 Å². The van der Waals surface area contributed by atoms with Gasteiger partial charge in [0.15, 0.2) is 0 Å². The highest BCUT2D eigenvalue weighted by atomic mass is 16.5. The number of hydrogen-bond acceptors (Lipinski definition) is 3. The number of para-hydroxylation sites is 1. The molecule has 2 rings (SSSR count). The Morgan fingerprint density at radius 3 is 2.94 bits per heavy atom. The number of fused-ring (bicyclic) bond motifs is 1. The van der Waals surface area contributed by atoms with E-state index in [9.17, 15) is 5.11 Å². The summed E-state index contributed by atoms with van der Waals surface area (Å²) in [5.74, 6) is 0.778. The SMILES string of the molecule is CCCC1CC(O)(CN)c2ccccc2O1. The van der Waals surface area contributed by atoms with Crippen LogP contribution in [0.5, 0.6) is 5.75 Å². The van der Waals surface area contributed by atoms with E-state index in [1.54, 1.807) is 0 Å². The van der Waals surface area contributed by atoms with Crippen LogP contribution in [0.4, 0.5) is 0 Å². The fourth-order valence-electron chi connectivity index (χ4n) is 2.34. The first-order valence-electron chi connectivity index (χ1n) is 5.88. The predicted octanol–water partition coefficient (Wildman–Crippen LogP) is 1.78. The summed E-state index contributed by atoms with van der Waals surface area (Å²) >= 11 is 0. The zero-order valence-electron chi connectivity index (χ0n) is 9.65. The molecule has 0 fully saturated rings. The number of nitrogens with two attached hydrogens (primary N) is 1. The van der Waals surface area contributed by atoms with E-state index >= 15 is 0 Å². The van der Waals surface area contributed by atoms with Crippen LogP contribution in [0.15, 0.2) is 24.3 Å². The van der Waals surface area contributed by atoms with Crippen molar-refractivity contribution in [3.05, 3.63) is 29.8 Å². The Morgan fingerprint density at radius 2 is 2.25 bits per heavy atom. The Balaban J connectivity index is 2.34. The van der Waals surface area contributed by atoms with Gasteiger partial charge in [0, 0.05) is 18.5 Å². The van der Waals surface area contributed by atoms with Crippen LogP contribution in [0.3, 0.4) is 0 Å². The van der Waals surface area contributed by atoms with Gasteiger partial charge in [-0.15, -0.1) is 0 Å². The zero-order valence-corrected chi connectivity index (χ0v) is 9.65. The van der Waals surface area contributed by atoms with Crippen molar-refractivity contribution in [2.24, 2.45) is 5.73 Å². The highest BCUT2D eigenvalue weighted by molar-refractivity contribution is 5.40. The van der Waals surface area contributed by atoms with Crippen LogP contribution in [-0.4, -0.2) is 17.8 Å². The Morgan fingerprint density at radius 1 is 1.50 bits per heavy atom. The van der Waals surface area contributed by atoms with E-state index in [1.165, 1.54) is 0 Å². The summed E-state index contributed by atoms with van der Waals surface area (Å²) in [6.45, 7) is 2.36. The zero-order chi connectivity index (χ0) is 11.6. The maximum Gasteiger partial charge on any atom is 0.125 e. The second kappa shape index (κ2) is 4.44. The molecule has 0 aromatic heterocycles. The lowest BCUT2D eigenvalue weighted by Crippen LogP contribution is -2.43. The van der Waals surface area contributed by atoms with Crippen molar-refractivity contribution in [3.63, 3.8) is 0 Å². The van der Waals surface area contributed by atoms with Gasteiger partial charge in [0.25, 0.3) is 0 Å². The molecular weight excluding hydrogens is 202 g/mol. The molecule has 1 aromatic rings. The first-order chi connectivity index (χ1) is 7.69. The van der Waals surface area contributed by atoms with Crippen LogP contribution < -0.4 is 10.5 Å². The largest absolute Gasteiger partial charge is 0.490 e. The molecule has 0 amide bonds. The molecule has 3 nitrogen and oxygen atoms in total. The third-order valence-corrected chi connectivity index (χ3v) is 3.20. The summed E-state index contributed by atoms with van der Waals surface area (Å²) in [5, 5.41) is 10.5. The van der Waals surface area contributed by atoms with Gasteiger partial charge in [-0.2, -0.15) is 0 Å². The Kier molecular flexibility index (Phi) is 3.17. The van der Waals surface area contributed by atoms with Gasteiger partial charge in [-0.3, -0.25) is 0 Å². The quantitative estimate of drug-likeness (QED) is 0.818. The predicted molar refractivity (Wildman–Crippen MR) is 63.3 cm³/mol. The first-order valence-corrected chi connectivity index (χ1v) is 5.88.